The van der Waals surface area contributed by atoms with Crippen LogP contribution in [0.5, 0.6) is 5.75 Å². The van der Waals surface area contributed by atoms with E-state index in [1.165, 1.54) is 6.07 Å². The molecule has 5 heteroatoms. The number of carbonyl (C=O) groups excluding carboxylic acids is 1. The van der Waals surface area contributed by atoms with E-state index >= 15 is 0 Å². The maximum absolute atomic E-state index is 12.7. The van der Waals surface area contributed by atoms with Crippen molar-refractivity contribution in [2.24, 2.45) is 0 Å². The highest BCUT2D eigenvalue weighted by Gasteiger charge is 2.10. The zero-order valence-corrected chi connectivity index (χ0v) is 9.24. The van der Waals surface area contributed by atoms with Crippen LogP contribution >= 0.6 is 0 Å². The van der Waals surface area contributed by atoms with Gasteiger partial charge >= 0.3 is 0 Å². The maximum Gasteiger partial charge on any atom is 0.255 e. The van der Waals surface area contributed by atoms with Gasteiger partial charge in [-0.15, -0.1) is 0 Å². The van der Waals surface area contributed by atoms with Crippen LogP contribution in [0.3, 0.4) is 0 Å². The second kappa shape index (κ2) is 6.48. The monoisotopic (exact) mass is 236 g/mol. The van der Waals surface area contributed by atoms with Crippen LogP contribution in [0.25, 0.3) is 0 Å². The van der Waals surface area contributed by atoms with Crippen LogP contribution in [0, 0.1) is 17.1 Å². The summed E-state index contributed by atoms with van der Waals surface area (Å²) >= 11 is 0. The lowest BCUT2D eigenvalue weighted by Crippen LogP contribution is -2.24. The topological polar surface area (TPSA) is 73.1 Å². The zero-order valence-electron chi connectivity index (χ0n) is 9.24. The second-order valence-corrected chi connectivity index (χ2v) is 3.53. The van der Waals surface area contributed by atoms with Crippen molar-refractivity contribution in [1.29, 1.82) is 5.26 Å². The minimum atomic E-state index is -0.590. The molecule has 0 bridgehead atoms. The molecular weight excluding hydrogens is 223 g/mol. The summed E-state index contributed by atoms with van der Waals surface area (Å²) in [7, 11) is 0. The molecule has 0 aliphatic carbocycles. The molecule has 0 spiro atoms. The van der Waals surface area contributed by atoms with Crippen molar-refractivity contribution in [1.82, 2.24) is 5.32 Å². The molecular formula is C12H13FN2O2. The van der Waals surface area contributed by atoms with E-state index in [0.717, 1.165) is 12.1 Å². The molecule has 0 fully saturated rings. The second-order valence-electron chi connectivity index (χ2n) is 3.53. The normalized spacial score (nSPS) is 9.65. The summed E-state index contributed by atoms with van der Waals surface area (Å²) in [5, 5.41) is 20.3. The lowest BCUT2D eigenvalue weighted by molar-refractivity contribution is 0.0950. The van der Waals surface area contributed by atoms with Gasteiger partial charge in [0.05, 0.1) is 11.6 Å². The lowest BCUT2D eigenvalue weighted by Gasteiger charge is -2.06. The SMILES string of the molecule is N#CCCCCNC(=O)c1ccc(F)cc1O. The van der Waals surface area contributed by atoms with Gasteiger partial charge in [0.25, 0.3) is 5.91 Å². The molecule has 17 heavy (non-hydrogen) atoms. The summed E-state index contributed by atoms with van der Waals surface area (Å²) in [6.45, 7) is 0.428. The fraction of sp³-hybridized carbons (Fsp3) is 0.333. The van der Waals surface area contributed by atoms with Gasteiger partial charge in [0.1, 0.15) is 11.6 Å². The third-order valence-electron chi connectivity index (χ3n) is 2.21. The Bertz CT molecular complexity index is 441. The number of rotatable bonds is 5. The van der Waals surface area contributed by atoms with E-state index in [1.54, 1.807) is 0 Å². The average Bonchev–Trinajstić information content (AvgIpc) is 2.28. The number of nitrogens with one attached hydrogen (secondary N) is 1. The molecule has 0 atom stereocenters. The molecule has 4 nitrogen and oxygen atoms in total. The van der Waals surface area contributed by atoms with Crippen molar-refractivity contribution < 1.29 is 14.3 Å². The molecule has 0 unspecified atom stereocenters. The number of unbranched alkanes of at least 4 members (excludes halogenated alkanes) is 2. The number of benzene rings is 1. The number of hydrogen-bond donors (Lipinski definition) is 2. The Morgan fingerprint density at radius 1 is 1.47 bits per heavy atom. The average molecular weight is 236 g/mol. The molecule has 0 radical (unpaired) electrons. The van der Waals surface area contributed by atoms with Gasteiger partial charge in [0, 0.05) is 19.0 Å². The molecule has 0 heterocycles. The van der Waals surface area contributed by atoms with Crippen LogP contribution in [0.4, 0.5) is 4.39 Å². The first-order valence-electron chi connectivity index (χ1n) is 5.29. The number of halogens is 1. The molecule has 2 N–H and O–H groups in total. The number of phenols is 1. The van der Waals surface area contributed by atoms with E-state index in [1.807, 2.05) is 6.07 Å². The Kier molecular flexibility index (Phi) is 4.95. The van der Waals surface area contributed by atoms with Crippen molar-refractivity contribution in [3.05, 3.63) is 29.6 Å². The van der Waals surface area contributed by atoms with E-state index in [9.17, 15) is 14.3 Å². The summed E-state index contributed by atoms with van der Waals surface area (Å²) in [6, 6.07) is 5.25. The Labute approximate surface area is 98.7 Å². The number of nitriles is 1. The quantitative estimate of drug-likeness (QED) is 0.767. The van der Waals surface area contributed by atoms with Gasteiger partial charge in [0.15, 0.2) is 0 Å². The van der Waals surface area contributed by atoms with Crippen LogP contribution in [-0.4, -0.2) is 17.6 Å². The highest BCUT2D eigenvalue weighted by molar-refractivity contribution is 5.96. The van der Waals surface area contributed by atoms with Gasteiger partial charge in [-0.2, -0.15) is 5.26 Å². The fourth-order valence-corrected chi connectivity index (χ4v) is 1.32. The van der Waals surface area contributed by atoms with Crippen molar-refractivity contribution in [3.8, 4) is 11.8 Å². The molecule has 0 saturated heterocycles. The highest BCUT2D eigenvalue weighted by atomic mass is 19.1. The van der Waals surface area contributed by atoms with E-state index < -0.39 is 11.7 Å². The molecule has 0 aliphatic heterocycles. The largest absolute Gasteiger partial charge is 0.507 e. The minimum absolute atomic E-state index is 0.0479. The van der Waals surface area contributed by atoms with Gasteiger partial charge < -0.3 is 10.4 Å². The Balaban J connectivity index is 2.45. The van der Waals surface area contributed by atoms with E-state index in [4.69, 9.17) is 5.26 Å². The van der Waals surface area contributed by atoms with Crippen LogP contribution in [-0.2, 0) is 0 Å². The predicted octanol–water partition coefficient (Wildman–Crippen LogP) is 1.95. The van der Waals surface area contributed by atoms with E-state index in [0.29, 0.717) is 25.8 Å². The molecule has 1 aromatic carbocycles. The number of amides is 1. The smallest absolute Gasteiger partial charge is 0.255 e. The zero-order chi connectivity index (χ0) is 12.7. The first-order chi connectivity index (χ1) is 8.15. The van der Waals surface area contributed by atoms with E-state index in [2.05, 4.69) is 5.32 Å². The molecule has 1 rings (SSSR count). The Morgan fingerprint density at radius 3 is 2.88 bits per heavy atom. The molecule has 90 valence electrons. The first-order valence-corrected chi connectivity index (χ1v) is 5.29. The molecule has 1 aromatic rings. The van der Waals surface area contributed by atoms with Gasteiger partial charge in [-0.25, -0.2) is 4.39 Å². The van der Waals surface area contributed by atoms with Crippen LogP contribution in [0.15, 0.2) is 18.2 Å². The lowest BCUT2D eigenvalue weighted by atomic mass is 10.2. The van der Waals surface area contributed by atoms with Crippen molar-refractivity contribution in [2.45, 2.75) is 19.3 Å². The number of phenolic OH excluding ortho intramolecular Hbond substituents is 1. The van der Waals surface area contributed by atoms with Crippen molar-refractivity contribution in [3.63, 3.8) is 0 Å². The minimum Gasteiger partial charge on any atom is -0.507 e. The van der Waals surface area contributed by atoms with Gasteiger partial charge in [-0.05, 0) is 25.0 Å². The van der Waals surface area contributed by atoms with E-state index in [-0.39, 0.29) is 11.3 Å². The van der Waals surface area contributed by atoms with Gasteiger partial charge in [0.2, 0.25) is 0 Å². The number of hydrogen-bond acceptors (Lipinski definition) is 3. The first kappa shape index (κ1) is 13.0. The summed E-state index contributed by atoms with van der Waals surface area (Å²) in [6.07, 6.45) is 1.87. The summed E-state index contributed by atoms with van der Waals surface area (Å²) in [5.74, 6) is -1.41. The van der Waals surface area contributed by atoms with Crippen molar-refractivity contribution in [2.75, 3.05) is 6.54 Å². The highest BCUT2D eigenvalue weighted by Crippen LogP contribution is 2.17. The number of aromatic hydroxyl groups is 1. The standard InChI is InChI=1S/C12H13FN2O2/c13-9-4-5-10(11(16)8-9)12(17)15-7-3-1-2-6-14/h4-5,8,16H,1-3,7H2,(H,15,17). The van der Waals surface area contributed by atoms with Crippen LogP contribution in [0.2, 0.25) is 0 Å². The predicted molar refractivity (Wildman–Crippen MR) is 59.9 cm³/mol. The molecule has 0 aliphatic rings. The Morgan fingerprint density at radius 2 is 2.24 bits per heavy atom. The third kappa shape index (κ3) is 4.11. The van der Waals surface area contributed by atoms with Gasteiger partial charge in [-0.1, -0.05) is 0 Å². The van der Waals surface area contributed by atoms with Crippen molar-refractivity contribution >= 4 is 5.91 Å². The summed E-state index contributed by atoms with van der Waals surface area (Å²) < 4.78 is 12.7. The molecule has 0 aromatic heterocycles. The summed E-state index contributed by atoms with van der Waals surface area (Å²) in [5.41, 5.74) is 0.0479. The summed E-state index contributed by atoms with van der Waals surface area (Å²) in [4.78, 5) is 11.6. The Hall–Kier alpha value is -2.09. The number of carbonyl (C=O) groups is 1. The van der Waals surface area contributed by atoms with Gasteiger partial charge in [-0.3, -0.25) is 4.79 Å². The van der Waals surface area contributed by atoms with Crippen LogP contribution < -0.4 is 5.32 Å². The number of nitrogens with zero attached hydrogens (tertiary/aromatic N) is 1. The maximum atomic E-state index is 12.7. The third-order valence-corrected chi connectivity index (χ3v) is 2.21. The molecule has 1 amide bonds. The van der Waals surface area contributed by atoms with Crippen LogP contribution in [0.1, 0.15) is 29.6 Å². The molecule has 0 saturated carbocycles. The fourth-order valence-electron chi connectivity index (χ4n) is 1.32.